The maximum atomic E-state index is 13.4. The first-order valence-electron chi connectivity index (χ1n) is 12.8. The number of aryl methyl sites for hydroxylation is 1. The van der Waals surface area contributed by atoms with Gasteiger partial charge in [0.25, 0.3) is 0 Å². The predicted octanol–water partition coefficient (Wildman–Crippen LogP) is 6.62. The van der Waals surface area contributed by atoms with Crippen LogP contribution in [0.25, 0.3) is 0 Å². The lowest BCUT2D eigenvalue weighted by Crippen LogP contribution is -2.67. The van der Waals surface area contributed by atoms with Crippen LogP contribution in [0.1, 0.15) is 88.2 Å². The Labute approximate surface area is 176 Å². The molecule has 0 amide bonds. The van der Waals surface area contributed by atoms with Crippen LogP contribution < -0.4 is 0 Å². The summed E-state index contributed by atoms with van der Waals surface area (Å²) in [7, 11) is 0. The summed E-state index contributed by atoms with van der Waals surface area (Å²) in [6, 6.07) is 9.01. The Bertz CT molecular complexity index is 720. The van der Waals surface area contributed by atoms with Crippen LogP contribution in [-0.4, -0.2) is 5.11 Å². The molecule has 156 valence electrons. The Balaban J connectivity index is 1.44. The Kier molecular flexibility index (Phi) is 3.50. The lowest BCUT2D eigenvalue weighted by atomic mass is 9.35. The van der Waals surface area contributed by atoms with Crippen LogP contribution >= 0.6 is 0 Å². The third-order valence-electron chi connectivity index (χ3n) is 11.1. The molecular formula is C28H38O. The number of hydrogen-bond donors (Lipinski definition) is 1. The molecular weight excluding hydrogens is 352 g/mol. The van der Waals surface area contributed by atoms with E-state index in [-0.39, 0.29) is 10.8 Å². The molecule has 8 bridgehead atoms. The zero-order valence-corrected chi connectivity index (χ0v) is 18.2. The maximum Gasteiger partial charge on any atom is 0.101 e. The van der Waals surface area contributed by atoms with Crippen molar-refractivity contribution in [2.75, 3.05) is 0 Å². The molecule has 8 aliphatic rings. The van der Waals surface area contributed by atoms with E-state index >= 15 is 0 Å². The minimum atomic E-state index is -0.600. The van der Waals surface area contributed by atoms with Crippen molar-refractivity contribution < 1.29 is 5.11 Å². The van der Waals surface area contributed by atoms with Crippen LogP contribution in [0.5, 0.6) is 0 Å². The molecule has 0 aromatic heterocycles. The SMILES string of the molecule is Cc1ccccc1C(O)(C12CC3CC(CC(C3)C1)C2)C12CC3CC(CC(C3)C1)C2. The Morgan fingerprint density at radius 2 is 1.00 bits per heavy atom. The van der Waals surface area contributed by atoms with Crippen LogP contribution in [0.2, 0.25) is 0 Å². The molecule has 0 unspecified atom stereocenters. The van der Waals surface area contributed by atoms with E-state index in [2.05, 4.69) is 31.2 Å². The van der Waals surface area contributed by atoms with Gasteiger partial charge in [0.15, 0.2) is 0 Å². The zero-order valence-electron chi connectivity index (χ0n) is 18.2. The van der Waals surface area contributed by atoms with Gasteiger partial charge in [-0.1, -0.05) is 24.3 Å². The van der Waals surface area contributed by atoms with Crippen molar-refractivity contribution >= 4 is 0 Å². The van der Waals surface area contributed by atoms with Gasteiger partial charge in [0, 0.05) is 10.8 Å². The molecule has 0 aliphatic heterocycles. The fourth-order valence-electron chi connectivity index (χ4n) is 11.2. The Morgan fingerprint density at radius 3 is 1.34 bits per heavy atom. The van der Waals surface area contributed by atoms with Gasteiger partial charge in [0.05, 0.1) is 0 Å². The number of aliphatic hydroxyl groups is 1. The van der Waals surface area contributed by atoms with Gasteiger partial charge >= 0.3 is 0 Å². The largest absolute Gasteiger partial charge is 0.384 e. The molecule has 1 aromatic carbocycles. The molecule has 0 saturated heterocycles. The molecule has 1 nitrogen and oxygen atoms in total. The van der Waals surface area contributed by atoms with Gasteiger partial charge in [-0.25, -0.2) is 0 Å². The van der Waals surface area contributed by atoms with Crippen molar-refractivity contribution in [2.45, 2.75) is 89.6 Å². The second-order valence-electron chi connectivity index (χ2n) is 12.9. The van der Waals surface area contributed by atoms with Crippen molar-refractivity contribution in [3.05, 3.63) is 35.4 Å². The quantitative estimate of drug-likeness (QED) is 0.615. The Morgan fingerprint density at radius 1 is 0.655 bits per heavy atom. The van der Waals surface area contributed by atoms with Crippen LogP contribution in [0.3, 0.4) is 0 Å². The lowest BCUT2D eigenvalue weighted by Gasteiger charge is -2.71. The van der Waals surface area contributed by atoms with Crippen LogP contribution in [0, 0.1) is 53.3 Å². The van der Waals surface area contributed by atoms with Crippen molar-refractivity contribution in [1.82, 2.24) is 0 Å². The molecule has 0 heterocycles. The highest BCUT2D eigenvalue weighted by Gasteiger charge is 2.70. The first-order chi connectivity index (χ1) is 14.0. The van der Waals surface area contributed by atoms with Crippen LogP contribution in [0.15, 0.2) is 24.3 Å². The van der Waals surface area contributed by atoms with Crippen molar-refractivity contribution in [1.29, 1.82) is 0 Å². The van der Waals surface area contributed by atoms with E-state index in [1.165, 1.54) is 88.2 Å². The highest BCUT2D eigenvalue weighted by atomic mass is 16.3. The van der Waals surface area contributed by atoms with Gasteiger partial charge in [-0.15, -0.1) is 0 Å². The second-order valence-corrected chi connectivity index (χ2v) is 12.9. The summed E-state index contributed by atoms with van der Waals surface area (Å²) < 4.78 is 0. The fourth-order valence-corrected chi connectivity index (χ4v) is 11.2. The smallest absolute Gasteiger partial charge is 0.101 e. The van der Waals surface area contributed by atoms with E-state index in [1.807, 2.05) is 0 Å². The number of hydrogen-bond acceptors (Lipinski definition) is 1. The van der Waals surface area contributed by atoms with Crippen molar-refractivity contribution in [3.8, 4) is 0 Å². The van der Waals surface area contributed by atoms with Gasteiger partial charge in [0.1, 0.15) is 5.60 Å². The summed E-state index contributed by atoms with van der Waals surface area (Å²) in [6.45, 7) is 2.28. The molecule has 1 N–H and O–H groups in total. The first-order valence-corrected chi connectivity index (χ1v) is 12.8. The molecule has 9 rings (SSSR count). The molecule has 8 fully saturated rings. The fraction of sp³-hybridized carbons (Fsp3) is 0.786. The molecule has 0 radical (unpaired) electrons. The van der Waals surface area contributed by atoms with E-state index in [9.17, 15) is 5.11 Å². The van der Waals surface area contributed by atoms with Crippen LogP contribution in [-0.2, 0) is 5.60 Å². The van der Waals surface area contributed by atoms with E-state index in [4.69, 9.17) is 0 Å². The standard InChI is InChI=1S/C28H38O/c1-18-4-2-3-5-25(18)28(29,26-12-19-6-20(13-26)8-21(7-19)14-26)27-15-22-9-23(16-27)11-24(10-22)17-27/h2-5,19-24,29H,6-17H2,1H3. The van der Waals surface area contributed by atoms with Gasteiger partial charge in [0.2, 0.25) is 0 Å². The first kappa shape index (κ1) is 17.8. The average Bonchev–Trinajstić information content (AvgIpc) is 2.65. The molecule has 29 heavy (non-hydrogen) atoms. The summed E-state index contributed by atoms with van der Waals surface area (Å²) >= 11 is 0. The molecule has 1 aromatic rings. The summed E-state index contributed by atoms with van der Waals surface area (Å²) in [5.74, 6) is 5.37. The minimum Gasteiger partial charge on any atom is -0.384 e. The second kappa shape index (κ2) is 5.70. The van der Waals surface area contributed by atoms with E-state index < -0.39 is 5.60 Å². The molecule has 1 heteroatoms. The van der Waals surface area contributed by atoms with Gasteiger partial charge in [-0.2, -0.15) is 0 Å². The maximum absolute atomic E-state index is 13.4. The third kappa shape index (κ3) is 2.22. The topological polar surface area (TPSA) is 20.2 Å². The summed E-state index contributed by atoms with van der Waals surface area (Å²) in [5, 5.41) is 13.4. The van der Waals surface area contributed by atoms with E-state index in [0.29, 0.717) is 0 Å². The lowest BCUT2D eigenvalue weighted by molar-refractivity contribution is -0.277. The summed E-state index contributed by atoms with van der Waals surface area (Å²) in [6.07, 6.45) is 16.6. The van der Waals surface area contributed by atoms with E-state index in [1.54, 1.807) is 0 Å². The number of rotatable bonds is 3. The zero-order chi connectivity index (χ0) is 19.4. The highest BCUT2D eigenvalue weighted by Crippen LogP contribution is 2.75. The van der Waals surface area contributed by atoms with Crippen molar-refractivity contribution in [2.24, 2.45) is 46.3 Å². The predicted molar refractivity (Wildman–Crippen MR) is 116 cm³/mol. The van der Waals surface area contributed by atoms with Gasteiger partial charge < -0.3 is 5.11 Å². The number of benzene rings is 1. The highest BCUT2D eigenvalue weighted by molar-refractivity contribution is 5.38. The van der Waals surface area contributed by atoms with Crippen molar-refractivity contribution in [3.63, 3.8) is 0 Å². The summed E-state index contributed by atoms with van der Waals surface area (Å²) in [4.78, 5) is 0. The molecule has 0 atom stereocenters. The summed E-state index contributed by atoms with van der Waals surface area (Å²) in [5.41, 5.74) is 2.39. The van der Waals surface area contributed by atoms with Gasteiger partial charge in [-0.3, -0.25) is 0 Å². The molecule has 8 aliphatic carbocycles. The monoisotopic (exact) mass is 390 g/mol. The average molecular weight is 391 g/mol. The van der Waals surface area contributed by atoms with E-state index in [0.717, 1.165) is 35.5 Å². The third-order valence-corrected chi connectivity index (χ3v) is 11.1. The normalized spacial score (nSPS) is 51.4. The minimum absolute atomic E-state index is 0.152. The molecule has 0 spiro atoms. The van der Waals surface area contributed by atoms with Gasteiger partial charge in [-0.05, 0) is 131 Å². The molecule has 8 saturated carbocycles. The van der Waals surface area contributed by atoms with Crippen LogP contribution in [0.4, 0.5) is 0 Å². The Hall–Kier alpha value is -0.820.